The Hall–Kier alpha value is -1.67. The van der Waals surface area contributed by atoms with Gasteiger partial charge in [-0.15, -0.1) is 10.2 Å². The second kappa shape index (κ2) is 6.21. The van der Waals surface area contributed by atoms with Crippen molar-refractivity contribution in [3.8, 4) is 0 Å². The minimum absolute atomic E-state index is 0.166. The van der Waals surface area contributed by atoms with Gasteiger partial charge < -0.3 is 5.32 Å². The normalized spacial score (nSPS) is 12.3. The van der Waals surface area contributed by atoms with E-state index in [2.05, 4.69) is 38.1 Å². The van der Waals surface area contributed by atoms with Gasteiger partial charge in [0.25, 0.3) is 5.91 Å². The molecule has 3 rings (SSSR count). The molecule has 0 aliphatic carbocycles. The Labute approximate surface area is 145 Å². The van der Waals surface area contributed by atoms with E-state index >= 15 is 0 Å². The van der Waals surface area contributed by atoms with E-state index in [0.717, 1.165) is 9.22 Å². The van der Waals surface area contributed by atoms with E-state index in [9.17, 15) is 4.79 Å². The Morgan fingerprint density at radius 2 is 2.14 bits per heavy atom. The summed E-state index contributed by atoms with van der Waals surface area (Å²) in [6.45, 7) is 1.88. The number of carbonyl (C=O) groups excluding carboxylic acids is 1. The van der Waals surface area contributed by atoms with E-state index in [1.54, 1.807) is 18.2 Å². The van der Waals surface area contributed by atoms with Crippen molar-refractivity contribution in [2.75, 3.05) is 0 Å². The first-order valence-electron chi connectivity index (χ1n) is 6.62. The Balaban J connectivity index is 1.84. The van der Waals surface area contributed by atoms with Gasteiger partial charge in [-0.05, 0) is 59.8 Å². The molecule has 0 spiro atoms. The van der Waals surface area contributed by atoms with Gasteiger partial charge in [0, 0.05) is 14.8 Å². The number of nitrogens with zero attached hydrogens (tertiary/aromatic N) is 3. The summed E-state index contributed by atoms with van der Waals surface area (Å²) < 4.78 is 2.67. The molecule has 0 aliphatic rings. The Kier molecular flexibility index (Phi) is 4.30. The van der Waals surface area contributed by atoms with Crippen LogP contribution in [0.2, 0.25) is 5.02 Å². The van der Waals surface area contributed by atoms with Crippen LogP contribution >= 0.6 is 34.2 Å². The number of amides is 1. The maximum Gasteiger partial charge on any atom is 0.252 e. The van der Waals surface area contributed by atoms with Gasteiger partial charge in [0.05, 0.1) is 11.6 Å². The first-order valence-corrected chi connectivity index (χ1v) is 8.07. The molecular formula is C15H12ClIN4O. The lowest BCUT2D eigenvalue weighted by Crippen LogP contribution is -2.28. The second-order valence-electron chi connectivity index (χ2n) is 4.81. The van der Waals surface area contributed by atoms with Crippen molar-refractivity contribution < 1.29 is 4.79 Å². The van der Waals surface area contributed by atoms with Gasteiger partial charge in [-0.3, -0.25) is 9.20 Å². The fourth-order valence-electron chi connectivity index (χ4n) is 2.17. The Bertz CT molecular complexity index is 848. The third kappa shape index (κ3) is 2.93. The number of hydrogen-bond donors (Lipinski definition) is 1. The summed E-state index contributed by atoms with van der Waals surface area (Å²) in [5, 5.41) is 11.8. The van der Waals surface area contributed by atoms with Gasteiger partial charge in [-0.2, -0.15) is 0 Å². The molecular weight excluding hydrogens is 415 g/mol. The van der Waals surface area contributed by atoms with E-state index in [0.29, 0.717) is 16.4 Å². The largest absolute Gasteiger partial charge is 0.342 e. The molecule has 0 saturated carbocycles. The summed E-state index contributed by atoms with van der Waals surface area (Å²) in [4.78, 5) is 12.4. The fraction of sp³-hybridized carbons (Fsp3) is 0.133. The van der Waals surface area contributed by atoms with E-state index in [4.69, 9.17) is 11.6 Å². The maximum atomic E-state index is 12.4. The van der Waals surface area contributed by atoms with Gasteiger partial charge >= 0.3 is 0 Å². The number of nitrogens with one attached hydrogen (secondary N) is 1. The number of carbonyl (C=O) groups is 1. The molecule has 5 nitrogen and oxygen atoms in total. The fourth-order valence-corrected chi connectivity index (χ4v) is 3.28. The highest BCUT2D eigenvalue weighted by Gasteiger charge is 2.18. The first kappa shape index (κ1) is 15.2. The van der Waals surface area contributed by atoms with Crippen molar-refractivity contribution >= 4 is 45.7 Å². The van der Waals surface area contributed by atoms with Crippen LogP contribution in [0.4, 0.5) is 0 Å². The lowest BCUT2D eigenvalue weighted by Gasteiger charge is -2.13. The van der Waals surface area contributed by atoms with Crippen molar-refractivity contribution in [1.82, 2.24) is 19.9 Å². The lowest BCUT2D eigenvalue weighted by molar-refractivity contribution is 0.0937. The first-order chi connectivity index (χ1) is 10.6. The van der Waals surface area contributed by atoms with Crippen LogP contribution in [0, 0.1) is 3.57 Å². The highest BCUT2D eigenvalue weighted by Crippen LogP contribution is 2.19. The lowest BCUT2D eigenvalue weighted by atomic mass is 10.2. The van der Waals surface area contributed by atoms with E-state index in [-0.39, 0.29) is 11.9 Å². The summed E-state index contributed by atoms with van der Waals surface area (Å²) >= 11 is 8.01. The molecule has 1 aromatic carbocycles. The average molecular weight is 427 g/mol. The van der Waals surface area contributed by atoms with Crippen LogP contribution in [0.3, 0.4) is 0 Å². The summed E-state index contributed by atoms with van der Waals surface area (Å²) in [7, 11) is 0. The molecule has 22 heavy (non-hydrogen) atoms. The second-order valence-corrected chi connectivity index (χ2v) is 6.40. The average Bonchev–Trinajstić information content (AvgIpc) is 2.91. The summed E-state index contributed by atoms with van der Waals surface area (Å²) in [5.41, 5.74) is 1.34. The van der Waals surface area contributed by atoms with Crippen molar-refractivity contribution in [2.24, 2.45) is 0 Å². The molecule has 0 aliphatic heterocycles. The molecule has 0 bridgehead atoms. The predicted octanol–water partition coefficient (Wildman–Crippen LogP) is 3.48. The zero-order valence-corrected chi connectivity index (χ0v) is 14.5. The Morgan fingerprint density at radius 1 is 1.32 bits per heavy atom. The van der Waals surface area contributed by atoms with E-state index in [1.165, 1.54) is 0 Å². The van der Waals surface area contributed by atoms with E-state index < -0.39 is 0 Å². The monoisotopic (exact) mass is 426 g/mol. The molecule has 0 fully saturated rings. The van der Waals surface area contributed by atoms with Crippen LogP contribution in [-0.4, -0.2) is 20.5 Å². The van der Waals surface area contributed by atoms with Gasteiger partial charge in [0.2, 0.25) is 0 Å². The Morgan fingerprint density at radius 3 is 2.91 bits per heavy atom. The van der Waals surface area contributed by atoms with Gasteiger partial charge in [0.1, 0.15) is 0 Å². The number of halogens is 2. The molecule has 1 N–H and O–H groups in total. The molecule has 1 amide bonds. The third-order valence-electron chi connectivity index (χ3n) is 3.25. The number of rotatable bonds is 3. The van der Waals surface area contributed by atoms with Crippen LogP contribution < -0.4 is 5.32 Å². The number of hydrogen-bond acceptors (Lipinski definition) is 3. The van der Waals surface area contributed by atoms with Crippen LogP contribution in [0.5, 0.6) is 0 Å². The summed E-state index contributed by atoms with van der Waals surface area (Å²) in [5.74, 6) is 0.522. The standard InChI is InChI=1S/C15H12ClIN4O/c1-9(14-20-19-13-4-2-3-7-21(13)14)18-15(22)11-6-5-10(16)8-12(11)17/h2-9H,1H3,(H,18,22). The SMILES string of the molecule is CC(NC(=O)c1ccc(Cl)cc1I)c1nnc2ccccn12. The molecule has 7 heteroatoms. The van der Waals surface area contributed by atoms with Crippen LogP contribution in [0.25, 0.3) is 5.65 Å². The van der Waals surface area contributed by atoms with Crippen LogP contribution in [0.1, 0.15) is 29.1 Å². The molecule has 3 aromatic rings. The van der Waals surface area contributed by atoms with Crippen molar-refractivity contribution in [2.45, 2.75) is 13.0 Å². The van der Waals surface area contributed by atoms with Crippen LogP contribution in [-0.2, 0) is 0 Å². The smallest absolute Gasteiger partial charge is 0.252 e. The maximum absolute atomic E-state index is 12.4. The van der Waals surface area contributed by atoms with Crippen molar-refractivity contribution in [3.05, 3.63) is 62.6 Å². The number of benzene rings is 1. The minimum atomic E-state index is -0.267. The van der Waals surface area contributed by atoms with Gasteiger partial charge in [0.15, 0.2) is 11.5 Å². The molecule has 0 saturated heterocycles. The molecule has 0 radical (unpaired) electrons. The van der Waals surface area contributed by atoms with E-state index in [1.807, 2.05) is 35.7 Å². The third-order valence-corrected chi connectivity index (χ3v) is 4.38. The van der Waals surface area contributed by atoms with Crippen molar-refractivity contribution in [3.63, 3.8) is 0 Å². The highest BCUT2D eigenvalue weighted by atomic mass is 127. The number of pyridine rings is 1. The molecule has 2 aromatic heterocycles. The van der Waals surface area contributed by atoms with Crippen LogP contribution in [0.15, 0.2) is 42.6 Å². The minimum Gasteiger partial charge on any atom is -0.342 e. The quantitative estimate of drug-likeness (QED) is 0.653. The summed E-state index contributed by atoms with van der Waals surface area (Å²) in [6.07, 6.45) is 1.87. The molecule has 2 heterocycles. The molecule has 1 unspecified atom stereocenters. The number of aromatic nitrogens is 3. The zero-order valence-electron chi connectivity index (χ0n) is 11.6. The van der Waals surface area contributed by atoms with Gasteiger partial charge in [-0.1, -0.05) is 17.7 Å². The molecule has 1 atom stereocenters. The summed E-state index contributed by atoms with van der Waals surface area (Å²) in [6, 6.07) is 10.6. The predicted molar refractivity (Wildman–Crippen MR) is 93.0 cm³/mol. The van der Waals surface area contributed by atoms with Crippen molar-refractivity contribution in [1.29, 1.82) is 0 Å². The number of fused-ring (bicyclic) bond motifs is 1. The highest BCUT2D eigenvalue weighted by molar-refractivity contribution is 14.1. The zero-order chi connectivity index (χ0) is 15.7. The van der Waals surface area contributed by atoms with Gasteiger partial charge in [-0.25, -0.2) is 0 Å². The topological polar surface area (TPSA) is 59.3 Å². The molecule has 112 valence electrons.